The fraction of sp³-hybridized carbons (Fsp3) is 0.844. The van der Waals surface area contributed by atoms with E-state index in [-0.39, 0.29) is 6.29 Å². The first-order valence-electron chi connectivity index (χ1n) is 17.8. The molecule has 3 aliphatic heterocycles. The van der Waals surface area contributed by atoms with Gasteiger partial charge in [0.05, 0.1) is 26.4 Å². The van der Waals surface area contributed by atoms with Crippen LogP contribution in [-0.4, -0.2) is 224 Å². The summed E-state index contributed by atoms with van der Waals surface area (Å²) < 4.78 is 35.4. The first kappa shape index (κ1) is 48.3. The van der Waals surface area contributed by atoms with Crippen LogP contribution in [0, 0.1) is 0 Å². The van der Waals surface area contributed by atoms with E-state index in [2.05, 4.69) is 21.3 Å². The lowest BCUT2D eigenvalue weighted by Gasteiger charge is -2.48. The third kappa shape index (κ3) is 12.0. The summed E-state index contributed by atoms with van der Waals surface area (Å²) in [6, 6.07) is -6.94. The summed E-state index contributed by atoms with van der Waals surface area (Å²) in [5, 5.41) is 115. The van der Waals surface area contributed by atoms with Gasteiger partial charge in [0, 0.05) is 27.7 Å². The van der Waals surface area contributed by atoms with Crippen molar-refractivity contribution >= 4 is 29.9 Å². The molecule has 0 aromatic carbocycles. The molecule has 14 N–H and O–H groups in total. The second kappa shape index (κ2) is 21.8. The minimum Gasteiger partial charge on any atom is -0.394 e. The molecule has 4 amide bonds. The molecule has 0 spiro atoms. The van der Waals surface area contributed by atoms with E-state index in [4.69, 9.17) is 28.4 Å². The number of aliphatic hydroxyl groups is 10. The second-order valence-electron chi connectivity index (χ2n) is 13.7. The van der Waals surface area contributed by atoms with Gasteiger partial charge in [-0.2, -0.15) is 0 Å². The van der Waals surface area contributed by atoms with Gasteiger partial charge >= 0.3 is 0 Å². The summed E-state index contributed by atoms with van der Waals surface area (Å²) in [7, 11) is 0. The summed E-state index contributed by atoms with van der Waals surface area (Å²) in [5.41, 5.74) is 0. The van der Waals surface area contributed by atoms with Gasteiger partial charge in [-0.1, -0.05) is 0 Å². The molecule has 19 atom stereocenters. The van der Waals surface area contributed by atoms with Gasteiger partial charge in [0.2, 0.25) is 23.6 Å². The quantitative estimate of drug-likeness (QED) is 0.0570. The monoisotopic (exact) mass is 830 g/mol. The van der Waals surface area contributed by atoms with Crippen molar-refractivity contribution in [2.24, 2.45) is 0 Å². The third-order valence-electron chi connectivity index (χ3n) is 9.38. The summed E-state index contributed by atoms with van der Waals surface area (Å²) in [5.74, 6) is -3.25. The van der Waals surface area contributed by atoms with E-state index in [0.717, 1.165) is 27.7 Å². The summed E-state index contributed by atoms with van der Waals surface area (Å²) >= 11 is 0. The van der Waals surface area contributed by atoms with Gasteiger partial charge in [0.25, 0.3) is 0 Å². The molecule has 19 unspecified atom stereocenters. The van der Waals surface area contributed by atoms with Crippen molar-refractivity contribution in [3.8, 4) is 0 Å². The van der Waals surface area contributed by atoms with E-state index in [1.807, 2.05) is 0 Å². The lowest BCUT2D eigenvalue weighted by atomic mass is 9.94. The highest BCUT2D eigenvalue weighted by molar-refractivity contribution is 5.77. The lowest BCUT2D eigenvalue weighted by Crippen LogP contribution is -2.69. The van der Waals surface area contributed by atoms with Crippen LogP contribution in [-0.2, 0) is 52.4 Å². The normalized spacial score (nSPS) is 37.8. The Bertz CT molecular complexity index is 1350. The zero-order chi connectivity index (χ0) is 42.9. The minimum absolute atomic E-state index is 0.114. The van der Waals surface area contributed by atoms with Crippen LogP contribution < -0.4 is 21.3 Å². The average molecular weight is 831 g/mol. The maximum Gasteiger partial charge on any atom is 0.217 e. The van der Waals surface area contributed by atoms with Crippen LogP contribution >= 0.6 is 0 Å². The Kier molecular flexibility index (Phi) is 18.4. The largest absolute Gasteiger partial charge is 0.394 e. The third-order valence-corrected chi connectivity index (χ3v) is 9.38. The predicted molar refractivity (Wildman–Crippen MR) is 181 cm³/mol. The molecule has 328 valence electrons. The first-order chi connectivity index (χ1) is 26.8. The minimum atomic E-state index is -2.11. The molecule has 3 fully saturated rings. The smallest absolute Gasteiger partial charge is 0.217 e. The number of hydrogen-bond acceptors (Lipinski definition) is 21. The zero-order valence-corrected chi connectivity index (χ0v) is 31.3. The number of nitrogens with one attached hydrogen (secondary N) is 4. The highest BCUT2D eigenvalue weighted by Gasteiger charge is 2.53. The Morgan fingerprint density at radius 2 is 0.877 bits per heavy atom. The van der Waals surface area contributed by atoms with Crippen molar-refractivity contribution in [2.45, 2.75) is 144 Å². The fourth-order valence-electron chi connectivity index (χ4n) is 6.64. The Hall–Kier alpha value is -3.09. The number of carbonyl (C=O) groups is 5. The van der Waals surface area contributed by atoms with Gasteiger partial charge < -0.3 is 106 Å². The molecule has 3 heterocycles. The second-order valence-corrected chi connectivity index (χ2v) is 13.7. The molecule has 3 aliphatic rings. The summed E-state index contributed by atoms with van der Waals surface area (Å²) in [6.45, 7) is 0.105. The van der Waals surface area contributed by atoms with E-state index in [1.165, 1.54) is 0 Å². The highest BCUT2D eigenvalue weighted by atomic mass is 16.7. The Balaban J connectivity index is 2.28. The van der Waals surface area contributed by atoms with Gasteiger partial charge in [0.1, 0.15) is 104 Å². The van der Waals surface area contributed by atoms with Gasteiger partial charge in [-0.05, 0) is 0 Å². The molecule has 0 aromatic heterocycles. The topological polar surface area (TPSA) is 391 Å². The number of carbonyl (C=O) groups excluding carboxylic acids is 5. The molecule has 0 bridgehead atoms. The Morgan fingerprint density at radius 1 is 0.544 bits per heavy atom. The van der Waals surface area contributed by atoms with Crippen molar-refractivity contribution in [3.05, 3.63) is 0 Å². The predicted octanol–water partition coefficient (Wildman–Crippen LogP) is -9.33. The van der Waals surface area contributed by atoms with Crippen LogP contribution in [0.3, 0.4) is 0 Å². The molecular formula is C32H54N4O21. The fourth-order valence-corrected chi connectivity index (χ4v) is 6.64. The van der Waals surface area contributed by atoms with Crippen molar-refractivity contribution in [1.29, 1.82) is 0 Å². The van der Waals surface area contributed by atoms with Crippen molar-refractivity contribution < 1.29 is 103 Å². The van der Waals surface area contributed by atoms with Crippen LogP contribution in [0.15, 0.2) is 0 Å². The van der Waals surface area contributed by atoms with E-state index >= 15 is 0 Å². The van der Waals surface area contributed by atoms with Gasteiger partial charge in [-0.25, -0.2) is 0 Å². The molecule has 0 radical (unpaired) electrons. The Morgan fingerprint density at radius 3 is 1.16 bits per heavy atom. The number of amides is 4. The van der Waals surface area contributed by atoms with Crippen LogP contribution in [0.1, 0.15) is 27.7 Å². The van der Waals surface area contributed by atoms with Crippen LogP contribution in [0.5, 0.6) is 0 Å². The van der Waals surface area contributed by atoms with E-state index in [1.54, 1.807) is 0 Å². The van der Waals surface area contributed by atoms with Crippen molar-refractivity contribution in [3.63, 3.8) is 0 Å². The van der Waals surface area contributed by atoms with E-state index in [0.29, 0.717) is 0 Å². The van der Waals surface area contributed by atoms with Crippen LogP contribution in [0.2, 0.25) is 0 Å². The number of ether oxygens (including phenoxy) is 6. The number of aldehydes is 1. The maximum atomic E-state index is 12.8. The van der Waals surface area contributed by atoms with Gasteiger partial charge in [0.15, 0.2) is 18.9 Å². The molecular weight excluding hydrogens is 776 g/mol. The van der Waals surface area contributed by atoms with Crippen molar-refractivity contribution in [2.75, 3.05) is 26.4 Å². The van der Waals surface area contributed by atoms with E-state index in [9.17, 15) is 75.0 Å². The number of hydrogen-bond donors (Lipinski definition) is 14. The SMILES string of the molecule is CC(=O)NC(C=O)C(OC1OC(CO)C(O)C(O)C1NC(C)=O)C(OC1OC(CO)C(O)C(O)C1NC(C)=O)C(CO)OC1OC(CO)C(O)C(O)C1NC(C)=O. The molecule has 3 saturated heterocycles. The lowest BCUT2D eigenvalue weighted by molar-refractivity contribution is -0.342. The zero-order valence-electron chi connectivity index (χ0n) is 31.3. The molecule has 3 rings (SSSR count). The Labute approximate surface area is 325 Å². The maximum absolute atomic E-state index is 12.8. The first-order valence-corrected chi connectivity index (χ1v) is 17.8. The number of rotatable bonds is 18. The molecule has 0 saturated carbocycles. The van der Waals surface area contributed by atoms with Crippen LogP contribution in [0.25, 0.3) is 0 Å². The molecule has 25 nitrogen and oxygen atoms in total. The molecule has 57 heavy (non-hydrogen) atoms. The summed E-state index contributed by atoms with van der Waals surface area (Å²) in [4.78, 5) is 61.9. The van der Waals surface area contributed by atoms with Gasteiger partial charge in [-0.3, -0.25) is 19.2 Å². The van der Waals surface area contributed by atoms with Crippen LogP contribution in [0.4, 0.5) is 0 Å². The molecule has 0 aliphatic carbocycles. The number of aliphatic hydroxyl groups excluding tert-OH is 10. The van der Waals surface area contributed by atoms with E-state index < -0.39 is 166 Å². The highest BCUT2D eigenvalue weighted by Crippen LogP contribution is 2.32. The average Bonchev–Trinajstić information content (AvgIpc) is 3.15. The van der Waals surface area contributed by atoms with Crippen molar-refractivity contribution in [1.82, 2.24) is 21.3 Å². The standard InChI is InChI=1S/C32H54N4O21/c1-10(42)33-14(5-37)28(56-31-20(35-12(3)44)26(50)23(47)16(7-39)53-31)29(57-32-21(36-13(4)45)27(51)24(48)17(8-40)54-32)18(9-41)55-30-19(34-11(2)43)25(49)22(46)15(6-38)52-30/h5,14-32,38-41,46-51H,6-9H2,1-4H3,(H,33,42)(H,34,43)(H,35,44)(H,36,45). The molecule has 25 heteroatoms. The van der Waals surface area contributed by atoms with Gasteiger partial charge in [-0.15, -0.1) is 0 Å². The summed E-state index contributed by atoms with van der Waals surface area (Å²) in [6.07, 6.45) is -27.9. The molecule has 0 aromatic rings.